The Kier molecular flexibility index (Phi) is 6.44. The summed E-state index contributed by atoms with van der Waals surface area (Å²) in [6.07, 6.45) is 1.43. The first kappa shape index (κ1) is 22.9. The number of aryl methyl sites for hydroxylation is 1. The van der Waals surface area contributed by atoms with Crippen molar-refractivity contribution >= 4 is 22.9 Å². The molecule has 0 atom stereocenters. The lowest BCUT2D eigenvalue weighted by Crippen LogP contribution is -2.18. The molecule has 1 heterocycles. The molecule has 0 bridgehead atoms. The van der Waals surface area contributed by atoms with Crippen LogP contribution in [-0.2, 0) is 6.61 Å². The van der Waals surface area contributed by atoms with E-state index in [1.165, 1.54) is 11.8 Å². The molecule has 5 aromatic rings. The highest BCUT2D eigenvalue weighted by molar-refractivity contribution is 6.03. The molecule has 0 unspecified atom stereocenters. The molecule has 5 rings (SSSR count). The molecule has 0 aliphatic carbocycles. The van der Waals surface area contributed by atoms with Crippen molar-refractivity contribution in [1.82, 2.24) is 15.6 Å². The van der Waals surface area contributed by atoms with Gasteiger partial charge in [0.25, 0.3) is 5.91 Å². The SMILES string of the molecule is Cc1ccc(COc2ccccc2-c2cc(C(=O)N/N=C/c3c(O)ccc4ccccc34)[nH]n2)cc1. The molecule has 0 aliphatic rings. The first-order valence-electron chi connectivity index (χ1n) is 11.5. The Morgan fingerprint density at radius 3 is 2.67 bits per heavy atom. The molecular weight excluding hydrogens is 452 g/mol. The highest BCUT2D eigenvalue weighted by Gasteiger charge is 2.14. The number of para-hydroxylation sites is 1. The minimum atomic E-state index is -0.456. The van der Waals surface area contributed by atoms with E-state index in [1.54, 1.807) is 12.1 Å². The molecule has 0 saturated heterocycles. The largest absolute Gasteiger partial charge is 0.507 e. The smallest absolute Gasteiger partial charge is 0.289 e. The minimum Gasteiger partial charge on any atom is -0.507 e. The summed E-state index contributed by atoms with van der Waals surface area (Å²) in [5, 5.41) is 23.1. The third-order valence-electron chi connectivity index (χ3n) is 5.81. The number of hydrogen-bond donors (Lipinski definition) is 3. The average Bonchev–Trinajstić information content (AvgIpc) is 3.40. The number of phenols is 1. The predicted molar refractivity (Wildman–Crippen MR) is 140 cm³/mol. The van der Waals surface area contributed by atoms with Gasteiger partial charge in [-0.1, -0.05) is 72.3 Å². The standard InChI is InChI=1S/C29H24N4O3/c1-19-10-12-20(13-11-19)18-36-28-9-5-4-8-23(28)25-16-26(32-31-25)29(35)33-30-17-24-22-7-3-2-6-21(22)14-15-27(24)34/h2-17,34H,18H2,1H3,(H,31,32)(H,33,35)/b30-17+. The molecule has 0 saturated carbocycles. The number of nitrogens with zero attached hydrogens (tertiary/aromatic N) is 2. The maximum absolute atomic E-state index is 12.7. The van der Waals surface area contributed by atoms with Crippen LogP contribution in [0.15, 0.2) is 96.1 Å². The number of rotatable bonds is 7. The quantitative estimate of drug-likeness (QED) is 0.211. The Labute approximate surface area is 208 Å². The summed E-state index contributed by atoms with van der Waals surface area (Å²) in [7, 11) is 0. The Balaban J connectivity index is 1.29. The van der Waals surface area contributed by atoms with Crippen LogP contribution in [0, 0.1) is 6.92 Å². The molecule has 7 nitrogen and oxygen atoms in total. The number of aromatic hydroxyl groups is 1. The van der Waals surface area contributed by atoms with Gasteiger partial charge in [-0.15, -0.1) is 0 Å². The molecule has 7 heteroatoms. The maximum atomic E-state index is 12.7. The van der Waals surface area contributed by atoms with Crippen molar-refractivity contribution in [1.29, 1.82) is 0 Å². The number of benzene rings is 4. The number of nitrogens with one attached hydrogen (secondary N) is 2. The topological polar surface area (TPSA) is 99.6 Å². The van der Waals surface area contributed by atoms with Crippen LogP contribution in [0.2, 0.25) is 0 Å². The molecule has 1 aromatic heterocycles. The third-order valence-corrected chi connectivity index (χ3v) is 5.81. The van der Waals surface area contributed by atoms with Crippen molar-refractivity contribution in [2.24, 2.45) is 5.10 Å². The molecule has 0 radical (unpaired) electrons. The van der Waals surface area contributed by atoms with Crippen molar-refractivity contribution in [2.45, 2.75) is 13.5 Å². The summed E-state index contributed by atoms with van der Waals surface area (Å²) < 4.78 is 6.05. The van der Waals surface area contributed by atoms with E-state index < -0.39 is 5.91 Å². The van der Waals surface area contributed by atoms with Crippen molar-refractivity contribution in [3.63, 3.8) is 0 Å². The Morgan fingerprint density at radius 2 is 1.81 bits per heavy atom. The van der Waals surface area contributed by atoms with E-state index in [1.807, 2.05) is 85.8 Å². The van der Waals surface area contributed by atoms with Crippen LogP contribution in [0.3, 0.4) is 0 Å². The summed E-state index contributed by atoms with van der Waals surface area (Å²) in [5.74, 6) is 0.293. The minimum absolute atomic E-state index is 0.0813. The van der Waals surface area contributed by atoms with Crippen molar-refractivity contribution in [3.05, 3.63) is 113 Å². The predicted octanol–water partition coefficient (Wildman–Crippen LogP) is 5.59. The van der Waals surface area contributed by atoms with Crippen molar-refractivity contribution in [3.8, 4) is 22.8 Å². The fraction of sp³-hybridized carbons (Fsp3) is 0.0690. The van der Waals surface area contributed by atoms with Crippen LogP contribution in [0.1, 0.15) is 27.2 Å². The Morgan fingerprint density at radius 1 is 1.03 bits per heavy atom. The van der Waals surface area contributed by atoms with Gasteiger partial charge in [-0.2, -0.15) is 10.2 Å². The molecule has 1 amide bonds. The Bertz CT molecular complexity index is 1550. The molecule has 178 valence electrons. The van der Waals surface area contributed by atoms with Crippen LogP contribution < -0.4 is 10.2 Å². The van der Waals surface area contributed by atoms with Gasteiger partial charge >= 0.3 is 0 Å². The van der Waals surface area contributed by atoms with E-state index >= 15 is 0 Å². The number of aromatic amines is 1. The summed E-state index contributed by atoms with van der Waals surface area (Å²) in [6.45, 7) is 2.47. The number of amides is 1. The lowest BCUT2D eigenvalue weighted by molar-refractivity contribution is 0.0950. The zero-order valence-corrected chi connectivity index (χ0v) is 19.6. The van der Waals surface area contributed by atoms with Crippen molar-refractivity contribution in [2.75, 3.05) is 0 Å². The van der Waals surface area contributed by atoms with E-state index in [2.05, 4.69) is 20.7 Å². The van der Waals surface area contributed by atoms with E-state index in [0.29, 0.717) is 23.6 Å². The number of carbonyl (C=O) groups excluding carboxylic acids is 1. The molecule has 0 aliphatic heterocycles. The number of aromatic nitrogens is 2. The van der Waals surface area contributed by atoms with Gasteiger partial charge in [-0.25, -0.2) is 5.43 Å². The number of H-pyrrole nitrogens is 1. The van der Waals surface area contributed by atoms with Gasteiger partial charge in [-0.3, -0.25) is 9.89 Å². The van der Waals surface area contributed by atoms with E-state index in [0.717, 1.165) is 21.9 Å². The average molecular weight is 477 g/mol. The molecule has 4 aromatic carbocycles. The molecule has 0 fully saturated rings. The second-order valence-corrected chi connectivity index (χ2v) is 8.36. The maximum Gasteiger partial charge on any atom is 0.289 e. The van der Waals surface area contributed by atoms with Gasteiger partial charge in [0.15, 0.2) is 0 Å². The number of hydrogen-bond acceptors (Lipinski definition) is 5. The monoisotopic (exact) mass is 476 g/mol. The highest BCUT2D eigenvalue weighted by atomic mass is 16.5. The number of hydrazone groups is 1. The van der Waals surface area contributed by atoms with Crippen molar-refractivity contribution < 1.29 is 14.6 Å². The lowest BCUT2D eigenvalue weighted by Gasteiger charge is -2.10. The summed E-state index contributed by atoms with van der Waals surface area (Å²) in [6, 6.07) is 28.4. The highest BCUT2D eigenvalue weighted by Crippen LogP contribution is 2.29. The third kappa shape index (κ3) is 4.95. The van der Waals surface area contributed by atoms with Gasteiger partial charge in [0, 0.05) is 11.1 Å². The number of fused-ring (bicyclic) bond motifs is 1. The van der Waals surface area contributed by atoms with Gasteiger partial charge in [0.2, 0.25) is 0 Å². The zero-order valence-electron chi connectivity index (χ0n) is 19.6. The number of carbonyl (C=O) groups is 1. The fourth-order valence-electron chi connectivity index (χ4n) is 3.86. The summed E-state index contributed by atoms with van der Waals surface area (Å²) in [4.78, 5) is 12.7. The lowest BCUT2D eigenvalue weighted by atomic mass is 10.0. The first-order chi connectivity index (χ1) is 17.6. The molecule has 3 N–H and O–H groups in total. The molecule has 0 spiro atoms. The normalized spacial score (nSPS) is 11.1. The first-order valence-corrected chi connectivity index (χ1v) is 11.5. The molecular formula is C29H24N4O3. The molecule has 36 heavy (non-hydrogen) atoms. The Hall–Kier alpha value is -4.91. The second-order valence-electron chi connectivity index (χ2n) is 8.36. The van der Waals surface area contributed by atoms with Gasteiger partial charge in [0.1, 0.15) is 23.8 Å². The van der Waals surface area contributed by atoms with Crippen LogP contribution in [0.5, 0.6) is 11.5 Å². The fourth-order valence-corrected chi connectivity index (χ4v) is 3.86. The van der Waals surface area contributed by atoms with Crippen LogP contribution in [0.4, 0.5) is 0 Å². The zero-order chi connectivity index (χ0) is 24.9. The second kappa shape index (κ2) is 10.1. The van der Waals surface area contributed by atoms with Crippen LogP contribution in [-0.4, -0.2) is 27.4 Å². The van der Waals surface area contributed by atoms with E-state index in [-0.39, 0.29) is 11.4 Å². The van der Waals surface area contributed by atoms with Crippen LogP contribution >= 0.6 is 0 Å². The van der Waals surface area contributed by atoms with E-state index in [4.69, 9.17) is 4.74 Å². The summed E-state index contributed by atoms with van der Waals surface area (Å²) >= 11 is 0. The van der Waals surface area contributed by atoms with Crippen LogP contribution in [0.25, 0.3) is 22.0 Å². The van der Waals surface area contributed by atoms with Gasteiger partial charge < -0.3 is 9.84 Å². The summed E-state index contributed by atoms with van der Waals surface area (Å²) in [5.41, 5.74) is 6.86. The number of ether oxygens (including phenoxy) is 1. The number of phenolic OH excluding ortho intramolecular Hbond substituents is 1. The van der Waals surface area contributed by atoms with E-state index in [9.17, 15) is 9.90 Å². The van der Waals surface area contributed by atoms with Gasteiger partial charge in [0.05, 0.1) is 11.9 Å². The van der Waals surface area contributed by atoms with Gasteiger partial charge in [-0.05, 0) is 47.5 Å².